The molecule has 0 bridgehead atoms. The van der Waals surface area contributed by atoms with Crippen molar-refractivity contribution in [3.63, 3.8) is 0 Å². The molecule has 0 fully saturated rings. The average molecular weight is 182 g/mol. The van der Waals surface area contributed by atoms with Gasteiger partial charge in [0.05, 0.1) is 6.54 Å². The summed E-state index contributed by atoms with van der Waals surface area (Å²) < 4.78 is 25.0. The fraction of sp³-hybridized carbons (Fsp3) is 0.833. The predicted molar refractivity (Wildman–Crippen MR) is 44.9 cm³/mol. The van der Waals surface area contributed by atoms with Gasteiger partial charge in [0.15, 0.2) is 5.11 Å². The highest BCUT2D eigenvalue weighted by Crippen LogP contribution is 2.15. The first-order chi connectivity index (χ1) is 5.02. The summed E-state index contributed by atoms with van der Waals surface area (Å²) in [6.45, 7) is 1.03. The highest BCUT2D eigenvalue weighted by atomic mass is 32.1. The van der Waals surface area contributed by atoms with Crippen LogP contribution in [0.4, 0.5) is 8.78 Å². The molecule has 0 aliphatic carbocycles. The third-order valence-corrected chi connectivity index (χ3v) is 1.60. The van der Waals surface area contributed by atoms with Crippen molar-refractivity contribution in [2.24, 2.45) is 0 Å². The van der Waals surface area contributed by atoms with Gasteiger partial charge in [0.2, 0.25) is 0 Å². The SMILES string of the molecule is CCC(F)(F)CNC(=S)NC. The molecule has 0 amide bonds. The second kappa shape index (κ2) is 4.43. The lowest BCUT2D eigenvalue weighted by Gasteiger charge is -2.15. The number of hydrogen-bond acceptors (Lipinski definition) is 1. The molecule has 0 atom stereocenters. The molecule has 0 aromatic rings. The van der Waals surface area contributed by atoms with Crippen molar-refractivity contribution in [3.8, 4) is 0 Å². The third-order valence-electron chi connectivity index (χ3n) is 1.25. The molecule has 0 saturated heterocycles. The van der Waals surface area contributed by atoms with E-state index >= 15 is 0 Å². The first-order valence-electron chi connectivity index (χ1n) is 3.35. The molecule has 5 heteroatoms. The quantitative estimate of drug-likeness (QED) is 0.640. The Morgan fingerprint density at radius 2 is 2.09 bits per heavy atom. The van der Waals surface area contributed by atoms with E-state index in [1.807, 2.05) is 0 Å². The average Bonchev–Trinajstić information content (AvgIpc) is 2.00. The zero-order valence-electron chi connectivity index (χ0n) is 6.58. The van der Waals surface area contributed by atoms with Gasteiger partial charge in [0.25, 0.3) is 5.92 Å². The molecule has 0 unspecified atom stereocenters. The van der Waals surface area contributed by atoms with Crippen molar-refractivity contribution in [1.29, 1.82) is 0 Å². The Bertz CT molecular complexity index is 139. The fourth-order valence-corrected chi connectivity index (χ4v) is 0.495. The number of alkyl halides is 2. The lowest BCUT2D eigenvalue weighted by molar-refractivity contribution is 0.00267. The zero-order chi connectivity index (χ0) is 8.91. The number of thiocarbonyl (C=S) groups is 1. The van der Waals surface area contributed by atoms with E-state index in [1.54, 1.807) is 7.05 Å². The molecule has 66 valence electrons. The van der Waals surface area contributed by atoms with Crippen LogP contribution in [-0.2, 0) is 0 Å². The molecule has 0 aromatic heterocycles. The Balaban J connectivity index is 3.61. The van der Waals surface area contributed by atoms with Gasteiger partial charge in [-0.15, -0.1) is 0 Å². The molecule has 0 aromatic carbocycles. The first-order valence-corrected chi connectivity index (χ1v) is 3.76. The molecular weight excluding hydrogens is 170 g/mol. The molecule has 2 N–H and O–H groups in total. The van der Waals surface area contributed by atoms with Gasteiger partial charge in [-0.3, -0.25) is 0 Å². The summed E-state index contributed by atoms with van der Waals surface area (Å²) >= 11 is 4.62. The smallest absolute Gasteiger partial charge is 0.264 e. The van der Waals surface area contributed by atoms with Crippen LogP contribution >= 0.6 is 12.2 Å². The maximum Gasteiger partial charge on any atom is 0.264 e. The van der Waals surface area contributed by atoms with Gasteiger partial charge in [0.1, 0.15) is 0 Å². The van der Waals surface area contributed by atoms with E-state index in [0.29, 0.717) is 0 Å². The Hall–Kier alpha value is -0.450. The summed E-state index contributed by atoms with van der Waals surface area (Å²) in [6.07, 6.45) is -0.174. The van der Waals surface area contributed by atoms with Crippen molar-refractivity contribution >= 4 is 17.3 Å². The van der Waals surface area contributed by atoms with Gasteiger partial charge in [-0.2, -0.15) is 0 Å². The number of nitrogens with one attached hydrogen (secondary N) is 2. The Morgan fingerprint density at radius 1 is 1.55 bits per heavy atom. The third kappa shape index (κ3) is 4.89. The van der Waals surface area contributed by atoms with Crippen LogP contribution in [0.5, 0.6) is 0 Å². The summed E-state index contributed by atoms with van der Waals surface area (Å²) in [5.74, 6) is -2.67. The normalized spacial score (nSPS) is 10.9. The Labute approximate surface area is 70.4 Å². The Kier molecular flexibility index (Phi) is 4.25. The minimum Gasteiger partial charge on any atom is -0.366 e. The summed E-state index contributed by atoms with van der Waals surface area (Å²) in [6, 6.07) is 0. The highest BCUT2D eigenvalue weighted by Gasteiger charge is 2.25. The van der Waals surface area contributed by atoms with Crippen LogP contribution < -0.4 is 10.6 Å². The van der Waals surface area contributed by atoms with Crippen molar-refractivity contribution in [3.05, 3.63) is 0 Å². The zero-order valence-corrected chi connectivity index (χ0v) is 7.39. The van der Waals surface area contributed by atoms with Crippen LogP contribution in [0.2, 0.25) is 0 Å². The van der Waals surface area contributed by atoms with Gasteiger partial charge >= 0.3 is 0 Å². The number of rotatable bonds is 3. The van der Waals surface area contributed by atoms with Crippen LogP contribution in [0.1, 0.15) is 13.3 Å². The van der Waals surface area contributed by atoms with E-state index < -0.39 is 12.5 Å². The molecule has 2 nitrogen and oxygen atoms in total. The van der Waals surface area contributed by atoms with Crippen LogP contribution in [0, 0.1) is 0 Å². The maximum absolute atomic E-state index is 12.5. The number of hydrogen-bond donors (Lipinski definition) is 2. The molecule has 0 radical (unpaired) electrons. The van der Waals surface area contributed by atoms with Gasteiger partial charge in [-0.25, -0.2) is 8.78 Å². The monoisotopic (exact) mass is 182 g/mol. The van der Waals surface area contributed by atoms with E-state index in [9.17, 15) is 8.78 Å². The van der Waals surface area contributed by atoms with Crippen molar-refractivity contribution in [2.75, 3.05) is 13.6 Å². The van der Waals surface area contributed by atoms with Crippen LogP contribution in [0.25, 0.3) is 0 Å². The molecule has 0 rings (SSSR count). The standard InChI is InChI=1S/C6H12F2N2S/c1-3-6(7,8)4-10-5(11)9-2/h3-4H2,1-2H3,(H2,9,10,11). The van der Waals surface area contributed by atoms with Crippen molar-refractivity contribution in [2.45, 2.75) is 19.3 Å². The summed E-state index contributed by atoms with van der Waals surface area (Å²) in [5.41, 5.74) is 0. The fourth-order valence-electron chi connectivity index (χ4n) is 0.423. The lowest BCUT2D eigenvalue weighted by atomic mass is 10.2. The van der Waals surface area contributed by atoms with Gasteiger partial charge < -0.3 is 10.6 Å². The minimum atomic E-state index is -2.67. The van der Waals surface area contributed by atoms with E-state index in [1.165, 1.54) is 6.92 Å². The molecule has 0 saturated carbocycles. The van der Waals surface area contributed by atoms with Gasteiger partial charge in [-0.1, -0.05) is 6.92 Å². The molecule has 0 spiro atoms. The van der Waals surface area contributed by atoms with E-state index in [4.69, 9.17) is 0 Å². The second-order valence-corrected chi connectivity index (χ2v) is 2.55. The second-order valence-electron chi connectivity index (χ2n) is 2.14. The van der Waals surface area contributed by atoms with Crippen molar-refractivity contribution in [1.82, 2.24) is 10.6 Å². The number of halogens is 2. The van der Waals surface area contributed by atoms with Gasteiger partial charge in [-0.05, 0) is 12.2 Å². The molecular formula is C6H12F2N2S. The minimum absolute atomic E-state index is 0.174. The highest BCUT2D eigenvalue weighted by molar-refractivity contribution is 7.80. The first kappa shape index (κ1) is 10.6. The van der Waals surface area contributed by atoms with Crippen LogP contribution in [-0.4, -0.2) is 24.6 Å². The molecule has 0 heterocycles. The summed E-state index contributed by atoms with van der Waals surface area (Å²) in [5, 5.41) is 5.19. The molecule has 11 heavy (non-hydrogen) atoms. The molecule has 0 aliphatic heterocycles. The summed E-state index contributed by atoms with van der Waals surface area (Å²) in [4.78, 5) is 0. The summed E-state index contributed by atoms with van der Waals surface area (Å²) in [7, 11) is 1.58. The predicted octanol–water partition coefficient (Wildman–Crippen LogP) is 1.13. The van der Waals surface area contributed by atoms with Gasteiger partial charge in [0, 0.05) is 13.5 Å². The van der Waals surface area contributed by atoms with Crippen molar-refractivity contribution < 1.29 is 8.78 Å². The Morgan fingerprint density at radius 3 is 2.45 bits per heavy atom. The van der Waals surface area contributed by atoms with Crippen LogP contribution in [0.3, 0.4) is 0 Å². The largest absolute Gasteiger partial charge is 0.366 e. The topological polar surface area (TPSA) is 24.1 Å². The van der Waals surface area contributed by atoms with Crippen LogP contribution in [0.15, 0.2) is 0 Å². The van der Waals surface area contributed by atoms with E-state index in [0.717, 1.165) is 0 Å². The molecule has 0 aliphatic rings. The van der Waals surface area contributed by atoms with E-state index in [-0.39, 0.29) is 11.5 Å². The van der Waals surface area contributed by atoms with E-state index in [2.05, 4.69) is 22.9 Å². The maximum atomic E-state index is 12.5. The lowest BCUT2D eigenvalue weighted by Crippen LogP contribution is -2.40.